The molecule has 12 heavy (non-hydrogen) atoms. The van der Waals surface area contributed by atoms with Gasteiger partial charge in [-0.2, -0.15) is 0 Å². The van der Waals surface area contributed by atoms with Crippen LogP contribution in [0.5, 0.6) is 0 Å². The lowest BCUT2D eigenvalue weighted by Crippen LogP contribution is -2.27. The maximum absolute atomic E-state index is 5.31. The molecular formula is C8H21NOSi2. The van der Waals surface area contributed by atoms with Gasteiger partial charge in [-0.05, 0) is 19.6 Å². The van der Waals surface area contributed by atoms with Crippen LogP contribution in [0.3, 0.4) is 0 Å². The molecule has 4 heteroatoms. The summed E-state index contributed by atoms with van der Waals surface area (Å²) < 4.78 is 9.98. The van der Waals surface area contributed by atoms with E-state index in [1.807, 2.05) is 0 Å². The van der Waals surface area contributed by atoms with Crippen molar-refractivity contribution in [2.45, 2.75) is 38.5 Å². The number of hydrogen-bond acceptors (Lipinski definition) is 2. The Hall–Kier alpha value is -0.0962. The Bertz CT molecular complexity index is 176. The van der Waals surface area contributed by atoms with Gasteiger partial charge in [0.2, 0.25) is 0 Å². The Morgan fingerprint density at radius 1 is 1.33 bits per heavy atom. The van der Waals surface area contributed by atoms with Gasteiger partial charge < -0.3 is 4.74 Å². The summed E-state index contributed by atoms with van der Waals surface area (Å²) in [6.45, 7) is 11.0. The fourth-order valence-corrected chi connectivity index (χ4v) is 2.40. The fraction of sp³-hybridized carbons (Fsp3) is 0.875. The lowest BCUT2D eigenvalue weighted by Gasteiger charge is -2.23. The molecule has 0 aromatic heterocycles. The van der Waals surface area contributed by atoms with E-state index in [9.17, 15) is 0 Å². The third kappa shape index (κ3) is 4.72. The van der Waals surface area contributed by atoms with Crippen molar-refractivity contribution >= 4 is 24.4 Å². The molecule has 0 aliphatic heterocycles. The standard InChI is InChI=1S/C8H21NOSi2/c1-8(2,11)7(10-3)9-12(4,5)6/h1-6,11H3/b9-7+. The molecule has 0 aliphatic rings. The molecule has 0 atom stereocenters. The first-order valence-corrected chi connectivity index (χ1v) is 8.76. The summed E-state index contributed by atoms with van der Waals surface area (Å²) in [6.07, 6.45) is 0. The molecule has 0 rings (SSSR count). The molecule has 0 radical (unpaired) electrons. The van der Waals surface area contributed by atoms with E-state index < -0.39 is 8.24 Å². The third-order valence-electron chi connectivity index (χ3n) is 1.27. The third-order valence-corrected chi connectivity index (χ3v) is 2.57. The second kappa shape index (κ2) is 3.74. The zero-order chi connectivity index (χ0) is 9.99. The molecule has 72 valence electrons. The molecule has 0 heterocycles. The van der Waals surface area contributed by atoms with Gasteiger partial charge in [-0.1, -0.05) is 13.8 Å². The molecule has 0 saturated heterocycles. The fourth-order valence-electron chi connectivity index (χ4n) is 0.824. The minimum Gasteiger partial charge on any atom is -0.485 e. The predicted octanol–water partition coefficient (Wildman–Crippen LogP) is 1.43. The summed E-state index contributed by atoms with van der Waals surface area (Å²) >= 11 is 0. The van der Waals surface area contributed by atoms with Crippen molar-refractivity contribution in [1.29, 1.82) is 0 Å². The average molecular weight is 203 g/mol. The quantitative estimate of drug-likeness (QED) is 0.378. The normalized spacial score (nSPS) is 15.0. The van der Waals surface area contributed by atoms with E-state index in [2.05, 4.69) is 38.1 Å². The number of rotatable bonds is 2. The maximum atomic E-state index is 5.31. The molecule has 0 spiro atoms. The van der Waals surface area contributed by atoms with Crippen LogP contribution in [-0.2, 0) is 4.74 Å². The largest absolute Gasteiger partial charge is 0.485 e. The second-order valence-corrected chi connectivity index (χ2v) is 12.1. The van der Waals surface area contributed by atoms with E-state index >= 15 is 0 Å². The van der Waals surface area contributed by atoms with Crippen molar-refractivity contribution in [3.05, 3.63) is 0 Å². The van der Waals surface area contributed by atoms with Gasteiger partial charge in [0, 0.05) is 15.3 Å². The Morgan fingerprint density at radius 2 is 1.75 bits per heavy atom. The predicted molar refractivity (Wildman–Crippen MR) is 61.8 cm³/mol. The van der Waals surface area contributed by atoms with Crippen molar-refractivity contribution in [2.24, 2.45) is 4.66 Å². The second-order valence-electron chi connectivity index (χ2n) is 5.04. The average Bonchev–Trinajstić information content (AvgIpc) is 1.78. The molecule has 0 fully saturated rings. The topological polar surface area (TPSA) is 21.6 Å². The number of nitrogens with zero attached hydrogens (tertiary/aromatic N) is 1. The number of hydrogen-bond donors (Lipinski definition) is 0. The monoisotopic (exact) mass is 203 g/mol. The molecule has 0 amide bonds. The van der Waals surface area contributed by atoms with Gasteiger partial charge in [0.25, 0.3) is 0 Å². The summed E-state index contributed by atoms with van der Waals surface area (Å²) in [5, 5.41) is 0.176. The zero-order valence-electron chi connectivity index (χ0n) is 9.36. The molecule has 0 aromatic rings. The van der Waals surface area contributed by atoms with Gasteiger partial charge in [0.15, 0.2) is 14.1 Å². The SMILES string of the molecule is CO/C(=N/[Si](C)(C)C)C(C)(C)[SiH3]. The van der Waals surface area contributed by atoms with Crippen LogP contribution < -0.4 is 0 Å². The minimum absolute atomic E-state index is 0.176. The van der Waals surface area contributed by atoms with Crippen molar-refractivity contribution in [1.82, 2.24) is 0 Å². The number of methoxy groups -OCH3 is 1. The Morgan fingerprint density at radius 3 is 1.83 bits per heavy atom. The minimum atomic E-state index is -1.37. The summed E-state index contributed by atoms with van der Waals surface area (Å²) in [6, 6.07) is 0. The van der Waals surface area contributed by atoms with Gasteiger partial charge in [0.1, 0.15) is 0 Å². The highest BCUT2D eigenvalue weighted by Crippen LogP contribution is 2.23. The lowest BCUT2D eigenvalue weighted by molar-refractivity contribution is 0.379. The van der Waals surface area contributed by atoms with Gasteiger partial charge in [-0.3, -0.25) is 4.66 Å². The number of ether oxygens (including phenoxy) is 1. The lowest BCUT2D eigenvalue weighted by atomic mass is 10.2. The van der Waals surface area contributed by atoms with E-state index in [-0.39, 0.29) is 5.04 Å². The summed E-state index contributed by atoms with van der Waals surface area (Å²) in [7, 11) is 1.44. The molecule has 0 N–H and O–H groups in total. The molecule has 0 aromatic carbocycles. The van der Waals surface area contributed by atoms with Crippen LogP contribution in [0.4, 0.5) is 0 Å². The molecule has 0 unspecified atom stereocenters. The van der Waals surface area contributed by atoms with Crippen LogP contribution in [0.25, 0.3) is 0 Å². The van der Waals surface area contributed by atoms with Crippen LogP contribution in [-0.4, -0.2) is 31.5 Å². The molecule has 2 nitrogen and oxygen atoms in total. The van der Waals surface area contributed by atoms with Crippen molar-refractivity contribution in [3.63, 3.8) is 0 Å². The van der Waals surface area contributed by atoms with E-state index in [1.165, 1.54) is 0 Å². The van der Waals surface area contributed by atoms with Gasteiger partial charge in [0.05, 0.1) is 7.11 Å². The Labute approximate surface area is 79.9 Å². The zero-order valence-corrected chi connectivity index (χ0v) is 12.4. The van der Waals surface area contributed by atoms with Crippen LogP contribution in [0.15, 0.2) is 4.66 Å². The van der Waals surface area contributed by atoms with Crippen LogP contribution >= 0.6 is 0 Å². The summed E-state index contributed by atoms with van der Waals surface area (Å²) in [5.41, 5.74) is 0. The Balaban J connectivity index is 4.68. The first-order chi connectivity index (χ1) is 5.17. The van der Waals surface area contributed by atoms with Crippen molar-refractivity contribution in [2.75, 3.05) is 7.11 Å². The van der Waals surface area contributed by atoms with Gasteiger partial charge in [-0.25, -0.2) is 0 Å². The van der Waals surface area contributed by atoms with E-state index in [1.54, 1.807) is 7.11 Å². The molecule has 0 saturated carbocycles. The Kier molecular flexibility index (Phi) is 3.71. The summed E-state index contributed by atoms with van der Waals surface area (Å²) in [4.78, 5) is 0. The van der Waals surface area contributed by atoms with Crippen LogP contribution in [0.1, 0.15) is 13.8 Å². The maximum Gasteiger partial charge on any atom is 0.176 e. The van der Waals surface area contributed by atoms with E-state index in [0.29, 0.717) is 0 Å². The summed E-state index contributed by atoms with van der Waals surface area (Å²) in [5.74, 6) is 0.938. The first kappa shape index (κ1) is 11.9. The van der Waals surface area contributed by atoms with Crippen molar-refractivity contribution < 1.29 is 4.74 Å². The molecule has 0 aliphatic carbocycles. The van der Waals surface area contributed by atoms with Crippen molar-refractivity contribution in [3.8, 4) is 0 Å². The first-order valence-electron chi connectivity index (χ1n) is 4.31. The van der Waals surface area contributed by atoms with Gasteiger partial charge in [-0.15, -0.1) is 0 Å². The molecule has 0 bridgehead atoms. The smallest absolute Gasteiger partial charge is 0.176 e. The van der Waals surface area contributed by atoms with E-state index in [4.69, 9.17) is 4.74 Å². The highest BCUT2D eigenvalue weighted by molar-refractivity contribution is 6.75. The van der Waals surface area contributed by atoms with Crippen LogP contribution in [0.2, 0.25) is 24.7 Å². The van der Waals surface area contributed by atoms with E-state index in [0.717, 1.165) is 16.1 Å². The highest BCUT2D eigenvalue weighted by atomic mass is 28.3. The van der Waals surface area contributed by atoms with Gasteiger partial charge >= 0.3 is 0 Å². The molecular weight excluding hydrogens is 182 g/mol. The van der Waals surface area contributed by atoms with Crippen LogP contribution in [0, 0.1) is 0 Å². The highest BCUT2D eigenvalue weighted by Gasteiger charge is 2.23.